The molecule has 2 rings (SSSR count). The molecule has 2 aromatic rings. The van der Waals surface area contributed by atoms with E-state index in [0.717, 1.165) is 3.57 Å². The monoisotopic (exact) mass is 379 g/mol. The van der Waals surface area contributed by atoms with Crippen molar-refractivity contribution < 1.29 is 9.53 Å². The molecule has 5 nitrogen and oxygen atoms in total. The summed E-state index contributed by atoms with van der Waals surface area (Å²) < 4.78 is 7.46. The fourth-order valence-corrected chi connectivity index (χ4v) is 2.34. The molecule has 0 amide bonds. The fraction of sp³-hybridized carbons (Fsp3) is 0.364. The second-order valence-corrected chi connectivity index (χ2v) is 6.21. The number of fused-ring (bicyclic) bond motifs is 1. The van der Waals surface area contributed by atoms with Crippen LogP contribution in [-0.2, 0) is 4.74 Å². The molecule has 2 heterocycles. The molecule has 2 aromatic heterocycles. The summed E-state index contributed by atoms with van der Waals surface area (Å²) in [7, 11) is 0. The minimum Gasteiger partial charge on any atom is -0.443 e. The zero-order valence-corrected chi connectivity index (χ0v) is 13.0. The molecule has 0 aliphatic heterocycles. The molecule has 7 heteroatoms. The van der Waals surface area contributed by atoms with Crippen LogP contribution in [0.5, 0.6) is 0 Å². The number of nitrogens with zero attached hydrogens (tertiary/aromatic N) is 3. The summed E-state index contributed by atoms with van der Waals surface area (Å²) in [6, 6.07) is 0. The third-order valence-electron chi connectivity index (χ3n) is 2.08. The van der Waals surface area contributed by atoms with Gasteiger partial charge in [-0.2, -0.15) is 0 Å². The lowest BCUT2D eigenvalue weighted by atomic mass is 10.2. The molecule has 0 saturated heterocycles. The Hall–Kier alpha value is -0.890. The number of carbonyl (C=O) groups excluding carboxylic acids is 1. The molecule has 0 aromatic carbocycles. The molecular weight excluding hydrogens is 368 g/mol. The first kappa shape index (κ1) is 13.5. The van der Waals surface area contributed by atoms with E-state index in [1.807, 2.05) is 0 Å². The highest BCUT2D eigenvalue weighted by Gasteiger charge is 2.22. The number of carbonyl (C=O) groups is 1. The van der Waals surface area contributed by atoms with Crippen LogP contribution >= 0.6 is 34.2 Å². The summed E-state index contributed by atoms with van der Waals surface area (Å²) in [5.41, 5.74) is 0.542. The van der Waals surface area contributed by atoms with Gasteiger partial charge in [0.25, 0.3) is 0 Å². The van der Waals surface area contributed by atoms with E-state index in [9.17, 15) is 4.79 Å². The van der Waals surface area contributed by atoms with Crippen LogP contribution < -0.4 is 0 Å². The average molecular weight is 380 g/mol. The molecule has 18 heavy (non-hydrogen) atoms. The number of ether oxygens (including phenoxy) is 1. The van der Waals surface area contributed by atoms with Crippen LogP contribution in [-0.4, -0.2) is 26.2 Å². The van der Waals surface area contributed by atoms with Gasteiger partial charge >= 0.3 is 6.09 Å². The Bertz CT molecular complexity index is 619. The van der Waals surface area contributed by atoms with Gasteiger partial charge in [-0.15, -0.1) is 0 Å². The maximum absolute atomic E-state index is 12.1. The zero-order chi connectivity index (χ0) is 13.5. The minimum absolute atomic E-state index is 0.230. The van der Waals surface area contributed by atoms with Crippen molar-refractivity contribution in [3.63, 3.8) is 0 Å². The number of aromatic nitrogens is 3. The SMILES string of the molecule is CC(C)(C)OC(=O)n1cc(I)c2ncnc(Cl)c21. The van der Waals surface area contributed by atoms with E-state index in [1.165, 1.54) is 10.9 Å². The van der Waals surface area contributed by atoms with Crippen LogP contribution in [0.15, 0.2) is 12.5 Å². The van der Waals surface area contributed by atoms with Gasteiger partial charge in [0.15, 0.2) is 5.15 Å². The van der Waals surface area contributed by atoms with Gasteiger partial charge < -0.3 is 4.74 Å². The molecule has 0 unspecified atom stereocenters. The van der Waals surface area contributed by atoms with Crippen molar-refractivity contribution >= 4 is 51.3 Å². The Morgan fingerprint density at radius 2 is 2.11 bits per heavy atom. The smallest absolute Gasteiger partial charge is 0.419 e. The van der Waals surface area contributed by atoms with Crippen molar-refractivity contribution in [3.8, 4) is 0 Å². The van der Waals surface area contributed by atoms with Crippen molar-refractivity contribution in [3.05, 3.63) is 21.2 Å². The Morgan fingerprint density at radius 3 is 2.72 bits per heavy atom. The third kappa shape index (κ3) is 2.59. The standard InChI is InChI=1S/C11H11ClIN3O2/c1-11(2,3)18-10(17)16-4-6(13)7-8(16)9(12)15-5-14-7/h4-5H,1-3H3. The summed E-state index contributed by atoms with van der Waals surface area (Å²) in [5, 5.41) is 0.230. The Kier molecular flexibility index (Phi) is 3.50. The first-order valence-electron chi connectivity index (χ1n) is 5.20. The fourth-order valence-electron chi connectivity index (χ4n) is 1.44. The van der Waals surface area contributed by atoms with Crippen LogP contribution in [0, 0.1) is 3.57 Å². The maximum Gasteiger partial charge on any atom is 0.419 e. The summed E-state index contributed by atoms with van der Waals surface area (Å²) in [5.74, 6) is 0. The molecule has 0 bridgehead atoms. The largest absolute Gasteiger partial charge is 0.443 e. The lowest BCUT2D eigenvalue weighted by Gasteiger charge is -2.19. The van der Waals surface area contributed by atoms with Gasteiger partial charge in [-0.25, -0.2) is 19.3 Å². The number of halogens is 2. The van der Waals surface area contributed by atoms with Crippen molar-refractivity contribution in [2.75, 3.05) is 0 Å². The predicted octanol–water partition coefficient (Wildman–Crippen LogP) is 3.47. The van der Waals surface area contributed by atoms with E-state index in [4.69, 9.17) is 16.3 Å². The van der Waals surface area contributed by atoms with Crippen molar-refractivity contribution in [1.29, 1.82) is 0 Å². The van der Waals surface area contributed by atoms with E-state index >= 15 is 0 Å². The van der Waals surface area contributed by atoms with Crippen molar-refractivity contribution in [2.45, 2.75) is 26.4 Å². The molecule has 0 N–H and O–H groups in total. The normalized spacial score (nSPS) is 11.8. The molecule has 0 saturated carbocycles. The van der Waals surface area contributed by atoms with Gasteiger partial charge in [-0.1, -0.05) is 11.6 Å². The number of rotatable bonds is 0. The lowest BCUT2D eigenvalue weighted by Crippen LogP contribution is -2.26. The highest BCUT2D eigenvalue weighted by atomic mass is 127. The van der Waals surface area contributed by atoms with Gasteiger partial charge in [0.1, 0.15) is 23.0 Å². The van der Waals surface area contributed by atoms with Gasteiger partial charge in [0.05, 0.1) is 3.57 Å². The van der Waals surface area contributed by atoms with E-state index in [2.05, 4.69) is 32.6 Å². The quantitative estimate of drug-likeness (QED) is 0.519. The van der Waals surface area contributed by atoms with Crippen LogP contribution in [0.1, 0.15) is 20.8 Å². The van der Waals surface area contributed by atoms with E-state index in [0.29, 0.717) is 11.0 Å². The first-order chi connectivity index (χ1) is 8.29. The molecule has 0 radical (unpaired) electrons. The molecule has 0 atom stereocenters. The van der Waals surface area contributed by atoms with Crippen molar-refractivity contribution in [2.24, 2.45) is 0 Å². The third-order valence-corrected chi connectivity index (χ3v) is 3.14. The second-order valence-electron chi connectivity index (χ2n) is 4.69. The lowest BCUT2D eigenvalue weighted by molar-refractivity contribution is 0.0544. The minimum atomic E-state index is -0.568. The summed E-state index contributed by atoms with van der Waals surface area (Å²) >= 11 is 8.10. The predicted molar refractivity (Wildman–Crippen MR) is 76.9 cm³/mol. The van der Waals surface area contributed by atoms with E-state index in [-0.39, 0.29) is 5.15 Å². The van der Waals surface area contributed by atoms with Crippen LogP contribution in [0.2, 0.25) is 5.15 Å². The average Bonchev–Trinajstić information content (AvgIpc) is 2.56. The molecule has 0 aliphatic rings. The molecular formula is C11H11ClIN3O2. The molecule has 0 spiro atoms. The van der Waals surface area contributed by atoms with Crippen LogP contribution in [0.4, 0.5) is 4.79 Å². The van der Waals surface area contributed by atoms with Crippen LogP contribution in [0.3, 0.4) is 0 Å². The molecule has 96 valence electrons. The topological polar surface area (TPSA) is 57.0 Å². The van der Waals surface area contributed by atoms with Crippen LogP contribution in [0.25, 0.3) is 11.0 Å². The van der Waals surface area contributed by atoms with Gasteiger partial charge in [0.2, 0.25) is 0 Å². The second kappa shape index (κ2) is 4.65. The summed E-state index contributed by atoms with van der Waals surface area (Å²) in [6.45, 7) is 5.42. The molecule has 0 fully saturated rings. The van der Waals surface area contributed by atoms with Crippen molar-refractivity contribution in [1.82, 2.24) is 14.5 Å². The first-order valence-corrected chi connectivity index (χ1v) is 6.65. The Balaban J connectivity index is 2.55. The van der Waals surface area contributed by atoms with E-state index in [1.54, 1.807) is 27.0 Å². The summed E-state index contributed by atoms with van der Waals surface area (Å²) in [6.07, 6.45) is 2.51. The zero-order valence-electron chi connectivity index (χ0n) is 10.1. The van der Waals surface area contributed by atoms with Gasteiger partial charge in [0, 0.05) is 6.20 Å². The Morgan fingerprint density at radius 1 is 1.44 bits per heavy atom. The van der Waals surface area contributed by atoms with Gasteiger partial charge in [-0.05, 0) is 43.4 Å². The van der Waals surface area contributed by atoms with Gasteiger partial charge in [-0.3, -0.25) is 0 Å². The number of hydrogen-bond acceptors (Lipinski definition) is 4. The highest BCUT2D eigenvalue weighted by Crippen LogP contribution is 2.26. The molecule has 0 aliphatic carbocycles. The maximum atomic E-state index is 12.1. The Labute approximate surface area is 123 Å². The number of hydrogen-bond donors (Lipinski definition) is 0. The summed E-state index contributed by atoms with van der Waals surface area (Å²) in [4.78, 5) is 20.1. The highest BCUT2D eigenvalue weighted by molar-refractivity contribution is 14.1. The van der Waals surface area contributed by atoms with E-state index < -0.39 is 11.7 Å².